The minimum absolute atomic E-state index is 0.0720. The zero-order valence-corrected chi connectivity index (χ0v) is 7.88. The highest BCUT2D eigenvalue weighted by Gasteiger charge is 2.33. The Kier molecular flexibility index (Phi) is 3.06. The number of phenolic OH excluding ortho intramolecular Hbond substituents is 1. The Labute approximate surface area is 86.1 Å². The van der Waals surface area contributed by atoms with Gasteiger partial charge < -0.3 is 20.7 Å². The van der Waals surface area contributed by atoms with Gasteiger partial charge in [0.25, 0.3) is 0 Å². The van der Waals surface area contributed by atoms with Crippen LogP contribution in [0.1, 0.15) is 5.56 Å². The molecule has 1 rings (SSSR count). The van der Waals surface area contributed by atoms with Crippen LogP contribution in [-0.2, 0) is 16.0 Å². The second-order valence-corrected chi connectivity index (χ2v) is 3.31. The summed E-state index contributed by atoms with van der Waals surface area (Å²) in [5.41, 5.74) is 4.05. The van der Waals surface area contributed by atoms with Crippen LogP contribution in [0.4, 0.5) is 0 Å². The van der Waals surface area contributed by atoms with Crippen molar-refractivity contribution >= 4 is 12.3 Å². The Morgan fingerprint density at radius 1 is 1.40 bits per heavy atom. The molecule has 15 heavy (non-hydrogen) atoms. The number of carboxylic acid groups (broad SMARTS) is 1. The molecule has 1 aromatic carbocycles. The first kappa shape index (κ1) is 11.2. The van der Waals surface area contributed by atoms with E-state index in [0.29, 0.717) is 5.56 Å². The molecule has 0 unspecified atom stereocenters. The van der Waals surface area contributed by atoms with Gasteiger partial charge in [-0.1, -0.05) is 12.1 Å². The number of benzene rings is 1. The van der Waals surface area contributed by atoms with Crippen molar-refractivity contribution in [3.8, 4) is 5.75 Å². The van der Waals surface area contributed by atoms with Crippen LogP contribution in [0.25, 0.3) is 0 Å². The highest BCUT2D eigenvalue weighted by atomic mass is 16.4. The zero-order valence-electron chi connectivity index (χ0n) is 7.88. The molecule has 0 radical (unpaired) electrons. The molecule has 0 saturated heterocycles. The van der Waals surface area contributed by atoms with Crippen molar-refractivity contribution in [2.45, 2.75) is 12.0 Å². The lowest BCUT2D eigenvalue weighted by molar-refractivity contribution is -0.145. The van der Waals surface area contributed by atoms with Crippen LogP contribution in [0.2, 0.25) is 0 Å². The molecule has 0 spiro atoms. The van der Waals surface area contributed by atoms with E-state index in [1.54, 1.807) is 0 Å². The van der Waals surface area contributed by atoms with Crippen LogP contribution in [-0.4, -0.2) is 28.0 Å². The molecule has 5 nitrogen and oxygen atoms in total. The lowest BCUT2D eigenvalue weighted by Gasteiger charge is -2.17. The van der Waals surface area contributed by atoms with Crippen LogP contribution in [0.3, 0.4) is 0 Å². The third-order valence-electron chi connectivity index (χ3n) is 2.04. The van der Waals surface area contributed by atoms with E-state index in [1.807, 2.05) is 0 Å². The Hall–Kier alpha value is -1.88. The molecule has 5 heteroatoms. The fourth-order valence-corrected chi connectivity index (χ4v) is 1.12. The number of aromatic hydroxyl groups is 1. The lowest BCUT2D eigenvalue weighted by atomic mass is 9.93. The first-order valence-electron chi connectivity index (χ1n) is 4.24. The van der Waals surface area contributed by atoms with Crippen molar-refractivity contribution in [3.05, 3.63) is 29.8 Å². The summed E-state index contributed by atoms with van der Waals surface area (Å²) in [5.74, 6) is -1.30. The molecule has 0 aliphatic carbocycles. The van der Waals surface area contributed by atoms with Crippen LogP contribution in [0.15, 0.2) is 24.3 Å². The Balaban J connectivity index is 2.89. The molecule has 80 valence electrons. The molecule has 0 heterocycles. The Morgan fingerprint density at radius 3 is 2.33 bits per heavy atom. The molecule has 1 atom stereocenters. The first-order valence-corrected chi connectivity index (χ1v) is 4.24. The van der Waals surface area contributed by atoms with Crippen LogP contribution in [0.5, 0.6) is 5.75 Å². The Morgan fingerprint density at radius 2 is 1.93 bits per heavy atom. The number of hydrogen-bond acceptors (Lipinski definition) is 4. The molecular weight excluding hydrogens is 198 g/mol. The summed E-state index contributed by atoms with van der Waals surface area (Å²) in [4.78, 5) is 21.3. The summed E-state index contributed by atoms with van der Waals surface area (Å²) in [6, 6.07) is 5.84. The topological polar surface area (TPSA) is 101 Å². The zero-order chi connectivity index (χ0) is 11.5. The molecule has 1 aromatic rings. The quantitative estimate of drug-likeness (QED) is 0.475. The summed E-state index contributed by atoms with van der Waals surface area (Å²) < 4.78 is 0. The molecule has 0 bridgehead atoms. The van der Waals surface area contributed by atoms with Gasteiger partial charge in [0.15, 0.2) is 11.8 Å². The number of aliphatic carboxylic acids is 1. The number of hydrogen-bond donors (Lipinski definition) is 3. The summed E-state index contributed by atoms with van der Waals surface area (Å²) in [5, 5.41) is 17.7. The maximum atomic E-state index is 10.7. The average molecular weight is 209 g/mol. The van der Waals surface area contributed by atoms with Gasteiger partial charge in [-0.05, 0) is 17.7 Å². The molecule has 0 fully saturated rings. The maximum Gasteiger partial charge on any atom is 0.331 e. The fraction of sp³-hybridized carbons (Fsp3) is 0.200. The summed E-state index contributed by atoms with van der Waals surface area (Å²) >= 11 is 0. The summed E-state index contributed by atoms with van der Waals surface area (Å²) in [6.07, 6.45) is 0.105. The number of carbonyl (C=O) groups excluding carboxylic acids is 1. The second-order valence-electron chi connectivity index (χ2n) is 3.31. The molecule has 0 amide bonds. The van der Waals surface area contributed by atoms with Crippen molar-refractivity contribution in [2.75, 3.05) is 0 Å². The minimum atomic E-state index is -1.91. The number of carbonyl (C=O) groups is 2. The predicted molar refractivity (Wildman–Crippen MR) is 52.4 cm³/mol. The van der Waals surface area contributed by atoms with E-state index < -0.39 is 11.5 Å². The van der Waals surface area contributed by atoms with Gasteiger partial charge in [0.2, 0.25) is 0 Å². The molecule has 0 aliphatic rings. The van der Waals surface area contributed by atoms with E-state index in [1.165, 1.54) is 24.3 Å². The number of rotatable bonds is 4. The van der Waals surface area contributed by atoms with Crippen LogP contribution in [0, 0.1) is 0 Å². The summed E-state index contributed by atoms with van der Waals surface area (Å²) in [6.45, 7) is 0. The normalized spacial score (nSPS) is 14.2. The van der Waals surface area contributed by atoms with E-state index in [-0.39, 0.29) is 18.5 Å². The monoisotopic (exact) mass is 209 g/mol. The fourth-order valence-electron chi connectivity index (χ4n) is 1.12. The standard InChI is InChI=1S/C10H11NO4/c11-10(6-12,9(14)15)5-7-1-3-8(13)4-2-7/h1-4,6,13H,5,11H2,(H,14,15)/t10-/m1/s1. The van der Waals surface area contributed by atoms with Gasteiger partial charge in [-0.2, -0.15) is 0 Å². The van der Waals surface area contributed by atoms with Crippen LogP contribution >= 0.6 is 0 Å². The van der Waals surface area contributed by atoms with Crippen molar-refractivity contribution in [1.82, 2.24) is 0 Å². The van der Waals surface area contributed by atoms with E-state index in [0.717, 1.165) is 0 Å². The number of phenols is 1. The second kappa shape index (κ2) is 4.10. The van der Waals surface area contributed by atoms with E-state index in [9.17, 15) is 9.59 Å². The lowest BCUT2D eigenvalue weighted by Crippen LogP contribution is -2.51. The van der Waals surface area contributed by atoms with Gasteiger partial charge in [-0.15, -0.1) is 0 Å². The van der Waals surface area contributed by atoms with Crippen LogP contribution < -0.4 is 5.73 Å². The van der Waals surface area contributed by atoms with E-state index in [4.69, 9.17) is 15.9 Å². The van der Waals surface area contributed by atoms with Crippen molar-refractivity contribution in [3.63, 3.8) is 0 Å². The van der Waals surface area contributed by atoms with Crippen molar-refractivity contribution in [1.29, 1.82) is 0 Å². The predicted octanol–water partition coefficient (Wildman–Crippen LogP) is -0.0843. The average Bonchev–Trinajstić information content (AvgIpc) is 2.21. The maximum absolute atomic E-state index is 10.7. The molecule has 4 N–H and O–H groups in total. The van der Waals surface area contributed by atoms with E-state index >= 15 is 0 Å². The van der Waals surface area contributed by atoms with Gasteiger partial charge in [-0.25, -0.2) is 4.79 Å². The number of aldehydes is 1. The third kappa shape index (κ3) is 2.54. The number of nitrogens with two attached hydrogens (primary N) is 1. The highest BCUT2D eigenvalue weighted by Crippen LogP contribution is 2.14. The van der Waals surface area contributed by atoms with Gasteiger partial charge in [0, 0.05) is 6.42 Å². The Bertz CT molecular complexity index is 374. The molecule has 0 aliphatic heterocycles. The van der Waals surface area contributed by atoms with Gasteiger partial charge in [-0.3, -0.25) is 0 Å². The SMILES string of the molecule is N[C@@](C=O)(Cc1ccc(O)cc1)C(=O)O. The molecule has 0 aromatic heterocycles. The highest BCUT2D eigenvalue weighted by molar-refractivity contribution is 5.97. The molecular formula is C10H11NO4. The van der Waals surface area contributed by atoms with Gasteiger partial charge in [0.05, 0.1) is 0 Å². The number of carboxylic acids is 1. The van der Waals surface area contributed by atoms with Gasteiger partial charge in [0.1, 0.15) is 5.75 Å². The van der Waals surface area contributed by atoms with E-state index in [2.05, 4.69) is 0 Å². The minimum Gasteiger partial charge on any atom is -0.508 e. The van der Waals surface area contributed by atoms with Gasteiger partial charge >= 0.3 is 5.97 Å². The first-order chi connectivity index (χ1) is 6.98. The summed E-state index contributed by atoms with van der Waals surface area (Å²) in [7, 11) is 0. The molecule has 0 saturated carbocycles. The third-order valence-corrected chi connectivity index (χ3v) is 2.04. The smallest absolute Gasteiger partial charge is 0.331 e. The van der Waals surface area contributed by atoms with Crippen molar-refractivity contribution in [2.24, 2.45) is 5.73 Å². The van der Waals surface area contributed by atoms with Crippen molar-refractivity contribution < 1.29 is 19.8 Å². The largest absolute Gasteiger partial charge is 0.508 e.